The number of nitrogens with two attached hydrogens (primary N) is 1. The lowest BCUT2D eigenvalue weighted by Crippen LogP contribution is -2.35. The molecule has 0 saturated heterocycles. The number of benzene rings is 1. The normalized spacial score (nSPS) is 11.7. The van der Waals surface area contributed by atoms with Gasteiger partial charge in [0.1, 0.15) is 5.76 Å². The minimum atomic E-state index is -0.972. The number of carbonyl (C=O) groups is 2. The average molecular weight is 323 g/mol. The van der Waals surface area contributed by atoms with Crippen LogP contribution in [-0.4, -0.2) is 18.0 Å². The summed E-state index contributed by atoms with van der Waals surface area (Å²) in [6.07, 6.45) is 0.534. The number of rotatable bonds is 5. The molecule has 0 aliphatic heterocycles. The molecule has 0 aliphatic carbocycles. The fourth-order valence-corrected chi connectivity index (χ4v) is 1.90. The van der Waals surface area contributed by atoms with Crippen molar-refractivity contribution >= 4 is 29.2 Å². The van der Waals surface area contributed by atoms with Crippen molar-refractivity contribution < 1.29 is 18.7 Å². The van der Waals surface area contributed by atoms with E-state index in [9.17, 15) is 9.59 Å². The maximum Gasteiger partial charge on any atom is 0.340 e. The molecule has 2 aromatic rings. The summed E-state index contributed by atoms with van der Waals surface area (Å²) in [4.78, 5) is 23.9. The van der Waals surface area contributed by atoms with Crippen molar-refractivity contribution in [2.24, 2.45) is 0 Å². The first-order valence-corrected chi connectivity index (χ1v) is 6.91. The molecule has 0 bridgehead atoms. The van der Waals surface area contributed by atoms with Crippen LogP contribution < -0.4 is 11.1 Å². The van der Waals surface area contributed by atoms with E-state index in [4.69, 9.17) is 26.5 Å². The topological polar surface area (TPSA) is 94.6 Å². The number of amides is 1. The number of esters is 1. The lowest BCUT2D eigenvalue weighted by molar-refractivity contribution is -0.129. The van der Waals surface area contributed by atoms with E-state index in [1.165, 1.54) is 25.3 Å². The Balaban J connectivity index is 1.92. The highest BCUT2D eigenvalue weighted by atomic mass is 35.5. The number of hydrogen-bond donors (Lipinski definition) is 2. The van der Waals surface area contributed by atoms with Crippen molar-refractivity contribution in [3.8, 4) is 0 Å². The summed E-state index contributed by atoms with van der Waals surface area (Å²) >= 11 is 5.91. The van der Waals surface area contributed by atoms with Gasteiger partial charge in [0.05, 0.1) is 23.4 Å². The average Bonchev–Trinajstić information content (AvgIpc) is 3.00. The molecule has 3 N–H and O–H groups in total. The standard InChI is InChI=1S/C15H15ClN2O4/c1-9(14(19)18-8-11-3-2-6-21-11)22-15(20)12-7-10(17)4-5-13(12)16/h2-7,9H,8,17H2,1H3,(H,18,19). The third kappa shape index (κ3) is 4.02. The van der Waals surface area contributed by atoms with Crippen molar-refractivity contribution in [1.82, 2.24) is 5.32 Å². The molecule has 0 spiro atoms. The SMILES string of the molecule is CC(OC(=O)c1cc(N)ccc1Cl)C(=O)NCc1ccco1. The monoisotopic (exact) mass is 322 g/mol. The predicted octanol–water partition coefficient (Wildman–Crippen LogP) is 2.38. The van der Waals surface area contributed by atoms with E-state index in [1.54, 1.807) is 18.2 Å². The van der Waals surface area contributed by atoms with Gasteiger partial charge in [-0.15, -0.1) is 0 Å². The Bertz CT molecular complexity index is 670. The van der Waals surface area contributed by atoms with Crippen molar-refractivity contribution in [2.45, 2.75) is 19.6 Å². The molecule has 1 aromatic carbocycles. The number of furan rings is 1. The van der Waals surface area contributed by atoms with Gasteiger partial charge in [-0.1, -0.05) is 11.6 Å². The molecule has 2 rings (SSSR count). The molecule has 0 saturated carbocycles. The van der Waals surface area contributed by atoms with E-state index in [-0.39, 0.29) is 17.1 Å². The van der Waals surface area contributed by atoms with Gasteiger partial charge in [-0.25, -0.2) is 4.79 Å². The predicted molar refractivity (Wildman–Crippen MR) is 81.3 cm³/mol. The van der Waals surface area contributed by atoms with Crippen LogP contribution in [0.4, 0.5) is 5.69 Å². The number of hydrogen-bond acceptors (Lipinski definition) is 5. The van der Waals surface area contributed by atoms with E-state index >= 15 is 0 Å². The van der Waals surface area contributed by atoms with Gasteiger partial charge in [0.25, 0.3) is 5.91 Å². The minimum absolute atomic E-state index is 0.118. The highest BCUT2D eigenvalue weighted by Gasteiger charge is 2.20. The molecule has 1 aromatic heterocycles. The van der Waals surface area contributed by atoms with Gasteiger partial charge in [-0.05, 0) is 37.3 Å². The summed E-state index contributed by atoms with van der Waals surface area (Å²) in [6.45, 7) is 1.68. The van der Waals surface area contributed by atoms with Crippen LogP contribution in [0.25, 0.3) is 0 Å². The first-order valence-electron chi connectivity index (χ1n) is 6.53. The number of halogens is 1. The first kappa shape index (κ1) is 15.9. The summed E-state index contributed by atoms with van der Waals surface area (Å²) < 4.78 is 10.2. The molecule has 1 atom stereocenters. The summed E-state index contributed by atoms with van der Waals surface area (Å²) in [5, 5.41) is 2.81. The molecule has 7 heteroatoms. The van der Waals surface area contributed by atoms with Gasteiger partial charge in [0, 0.05) is 5.69 Å². The van der Waals surface area contributed by atoms with Crippen LogP contribution in [-0.2, 0) is 16.1 Å². The van der Waals surface area contributed by atoms with Gasteiger partial charge in [-0.2, -0.15) is 0 Å². The Morgan fingerprint density at radius 1 is 1.41 bits per heavy atom. The van der Waals surface area contributed by atoms with E-state index < -0.39 is 18.0 Å². The van der Waals surface area contributed by atoms with Crippen molar-refractivity contribution in [3.63, 3.8) is 0 Å². The van der Waals surface area contributed by atoms with Gasteiger partial charge in [-0.3, -0.25) is 4.79 Å². The van der Waals surface area contributed by atoms with E-state index in [0.717, 1.165) is 0 Å². The Labute approximate surface area is 132 Å². The maximum atomic E-state index is 12.0. The van der Waals surface area contributed by atoms with Crippen LogP contribution >= 0.6 is 11.6 Å². The maximum absolute atomic E-state index is 12.0. The number of ether oxygens (including phenoxy) is 1. The molecule has 0 radical (unpaired) electrons. The van der Waals surface area contributed by atoms with Crippen LogP contribution in [0.15, 0.2) is 41.0 Å². The molecule has 0 fully saturated rings. The molecule has 1 heterocycles. The lowest BCUT2D eigenvalue weighted by atomic mass is 10.2. The Kier molecular flexibility index (Phi) is 5.06. The fourth-order valence-electron chi connectivity index (χ4n) is 1.71. The van der Waals surface area contributed by atoms with Gasteiger partial charge >= 0.3 is 5.97 Å². The van der Waals surface area contributed by atoms with Gasteiger partial charge in [0.2, 0.25) is 0 Å². The zero-order valence-corrected chi connectivity index (χ0v) is 12.6. The van der Waals surface area contributed by atoms with E-state index in [1.807, 2.05) is 0 Å². The molecule has 6 nitrogen and oxygen atoms in total. The van der Waals surface area contributed by atoms with E-state index in [2.05, 4.69) is 5.32 Å². The van der Waals surface area contributed by atoms with Crippen molar-refractivity contribution in [3.05, 3.63) is 52.9 Å². The molecule has 22 heavy (non-hydrogen) atoms. The van der Waals surface area contributed by atoms with E-state index in [0.29, 0.717) is 11.4 Å². The Morgan fingerprint density at radius 2 is 2.18 bits per heavy atom. The molecule has 1 unspecified atom stereocenters. The number of carbonyl (C=O) groups excluding carboxylic acids is 2. The minimum Gasteiger partial charge on any atom is -0.467 e. The van der Waals surface area contributed by atoms with Crippen LogP contribution in [0, 0.1) is 0 Å². The summed E-state index contributed by atoms with van der Waals surface area (Å²) in [5.74, 6) is -0.548. The second-order valence-electron chi connectivity index (χ2n) is 4.58. The number of nitrogen functional groups attached to an aromatic ring is 1. The smallest absolute Gasteiger partial charge is 0.340 e. The van der Waals surface area contributed by atoms with Crippen molar-refractivity contribution in [2.75, 3.05) is 5.73 Å². The zero-order valence-electron chi connectivity index (χ0n) is 11.8. The number of nitrogens with one attached hydrogen (secondary N) is 1. The summed E-state index contributed by atoms with van der Waals surface area (Å²) in [5.41, 5.74) is 6.10. The van der Waals surface area contributed by atoms with Crippen LogP contribution in [0.5, 0.6) is 0 Å². The van der Waals surface area contributed by atoms with Crippen molar-refractivity contribution in [1.29, 1.82) is 0 Å². The van der Waals surface area contributed by atoms with Gasteiger partial charge < -0.3 is 20.2 Å². The summed E-state index contributed by atoms with van der Waals surface area (Å²) in [6, 6.07) is 7.90. The lowest BCUT2D eigenvalue weighted by Gasteiger charge is -2.13. The molecule has 0 aliphatic rings. The molecule has 116 valence electrons. The van der Waals surface area contributed by atoms with Crippen LogP contribution in [0.1, 0.15) is 23.0 Å². The Hall–Kier alpha value is -2.47. The zero-order chi connectivity index (χ0) is 16.1. The van der Waals surface area contributed by atoms with Crippen LogP contribution in [0.2, 0.25) is 5.02 Å². The summed E-state index contributed by atoms with van der Waals surface area (Å²) in [7, 11) is 0. The first-order chi connectivity index (χ1) is 10.5. The quantitative estimate of drug-likeness (QED) is 0.651. The largest absolute Gasteiger partial charge is 0.467 e. The third-order valence-corrected chi connectivity index (χ3v) is 3.21. The molecule has 1 amide bonds. The highest BCUT2D eigenvalue weighted by molar-refractivity contribution is 6.33. The molecular formula is C15H15ClN2O4. The number of anilines is 1. The molecular weight excluding hydrogens is 308 g/mol. The van der Waals surface area contributed by atoms with Crippen LogP contribution in [0.3, 0.4) is 0 Å². The third-order valence-electron chi connectivity index (χ3n) is 2.88. The second kappa shape index (κ2) is 7.00. The second-order valence-corrected chi connectivity index (χ2v) is 4.99. The highest BCUT2D eigenvalue weighted by Crippen LogP contribution is 2.20. The fraction of sp³-hybridized carbons (Fsp3) is 0.200. The van der Waals surface area contributed by atoms with Gasteiger partial charge in [0.15, 0.2) is 6.10 Å². The Morgan fingerprint density at radius 3 is 2.86 bits per heavy atom.